The summed E-state index contributed by atoms with van der Waals surface area (Å²) in [5.41, 5.74) is 0.412. The molecule has 0 atom stereocenters. The van der Waals surface area contributed by atoms with Crippen molar-refractivity contribution in [2.75, 3.05) is 0 Å². The predicted molar refractivity (Wildman–Crippen MR) is 59.0 cm³/mol. The first-order valence-electron chi connectivity index (χ1n) is 4.75. The van der Waals surface area contributed by atoms with Gasteiger partial charge in [-0.25, -0.2) is 0 Å². The summed E-state index contributed by atoms with van der Waals surface area (Å²) < 4.78 is 0. The summed E-state index contributed by atoms with van der Waals surface area (Å²) in [5, 5.41) is 11.3. The summed E-state index contributed by atoms with van der Waals surface area (Å²) in [6, 6.07) is 5.37. The van der Waals surface area contributed by atoms with E-state index in [-0.39, 0.29) is 0 Å². The molecule has 2 rings (SSSR count). The summed E-state index contributed by atoms with van der Waals surface area (Å²) in [7, 11) is 0. The van der Waals surface area contributed by atoms with E-state index in [1.807, 2.05) is 6.07 Å². The van der Waals surface area contributed by atoms with E-state index in [4.69, 9.17) is 23.2 Å². The van der Waals surface area contributed by atoms with Crippen molar-refractivity contribution < 1.29 is 5.11 Å². The van der Waals surface area contributed by atoms with Crippen molar-refractivity contribution in [2.24, 2.45) is 0 Å². The quantitative estimate of drug-likeness (QED) is 0.826. The number of rotatable bonds is 2. The van der Waals surface area contributed by atoms with Crippen LogP contribution < -0.4 is 0 Å². The average molecular weight is 231 g/mol. The fraction of sp³-hybridized carbons (Fsp3) is 0.455. The van der Waals surface area contributed by atoms with Crippen LogP contribution in [0.5, 0.6) is 0 Å². The van der Waals surface area contributed by atoms with E-state index in [1.54, 1.807) is 12.1 Å². The number of halogens is 2. The molecule has 0 heterocycles. The van der Waals surface area contributed by atoms with Crippen LogP contribution in [-0.4, -0.2) is 10.7 Å². The summed E-state index contributed by atoms with van der Waals surface area (Å²) in [6.45, 7) is 0. The molecule has 1 nitrogen and oxygen atoms in total. The lowest BCUT2D eigenvalue weighted by molar-refractivity contribution is -0.0322. The minimum atomic E-state index is -0.533. The zero-order valence-corrected chi connectivity index (χ0v) is 9.28. The smallest absolute Gasteiger partial charge is 0.0688 e. The Morgan fingerprint density at radius 2 is 2.00 bits per heavy atom. The molecule has 0 unspecified atom stereocenters. The van der Waals surface area contributed by atoms with E-state index in [0.29, 0.717) is 16.5 Å². The second-order valence-electron chi connectivity index (χ2n) is 3.99. The van der Waals surface area contributed by atoms with Gasteiger partial charge in [-0.15, -0.1) is 0 Å². The molecule has 76 valence electrons. The van der Waals surface area contributed by atoms with E-state index < -0.39 is 5.60 Å². The van der Waals surface area contributed by atoms with Crippen molar-refractivity contribution in [3.05, 3.63) is 33.8 Å². The fourth-order valence-electron chi connectivity index (χ4n) is 1.79. The van der Waals surface area contributed by atoms with Crippen LogP contribution >= 0.6 is 23.2 Å². The molecule has 0 bridgehead atoms. The monoisotopic (exact) mass is 230 g/mol. The van der Waals surface area contributed by atoms with Crippen LogP contribution in [-0.2, 0) is 6.42 Å². The molecule has 0 spiro atoms. The first-order chi connectivity index (χ1) is 6.59. The fourth-order valence-corrected chi connectivity index (χ4v) is 2.17. The molecular weight excluding hydrogens is 219 g/mol. The Bertz CT molecular complexity index is 345. The van der Waals surface area contributed by atoms with Crippen LogP contribution in [0.1, 0.15) is 24.8 Å². The van der Waals surface area contributed by atoms with Crippen molar-refractivity contribution in [1.29, 1.82) is 0 Å². The lowest BCUT2D eigenvalue weighted by atomic mass is 9.76. The summed E-state index contributed by atoms with van der Waals surface area (Å²) >= 11 is 11.9. The Balaban J connectivity index is 2.19. The Labute approximate surface area is 93.7 Å². The molecule has 1 N–H and O–H groups in total. The molecule has 0 aromatic heterocycles. The molecular formula is C11H12Cl2O. The molecule has 0 amide bonds. The molecule has 3 heteroatoms. The molecule has 1 aliphatic carbocycles. The molecule has 1 aromatic carbocycles. The Kier molecular flexibility index (Phi) is 2.74. The van der Waals surface area contributed by atoms with Gasteiger partial charge in [0.05, 0.1) is 5.60 Å². The number of aliphatic hydroxyl groups is 1. The molecule has 1 fully saturated rings. The van der Waals surface area contributed by atoms with Crippen molar-refractivity contribution in [3.63, 3.8) is 0 Å². The predicted octanol–water partition coefficient (Wildman–Crippen LogP) is 3.45. The zero-order chi connectivity index (χ0) is 10.2. The normalized spacial score (nSPS) is 19.1. The maximum Gasteiger partial charge on any atom is 0.0688 e. The molecule has 1 saturated carbocycles. The van der Waals surface area contributed by atoms with Gasteiger partial charge in [0.2, 0.25) is 0 Å². The van der Waals surface area contributed by atoms with Crippen molar-refractivity contribution >= 4 is 23.2 Å². The molecule has 0 aliphatic heterocycles. The minimum Gasteiger partial charge on any atom is -0.390 e. The Morgan fingerprint density at radius 3 is 2.57 bits per heavy atom. The van der Waals surface area contributed by atoms with Crippen LogP contribution in [0.2, 0.25) is 10.0 Å². The largest absolute Gasteiger partial charge is 0.390 e. The molecule has 0 radical (unpaired) electrons. The summed E-state index contributed by atoms with van der Waals surface area (Å²) in [5.74, 6) is 0. The highest BCUT2D eigenvalue weighted by molar-refractivity contribution is 6.33. The first kappa shape index (κ1) is 10.3. The highest BCUT2D eigenvalue weighted by Crippen LogP contribution is 2.36. The van der Waals surface area contributed by atoms with Gasteiger partial charge in [-0.05, 0) is 43.0 Å². The van der Waals surface area contributed by atoms with Crippen LogP contribution in [0, 0.1) is 0 Å². The van der Waals surface area contributed by atoms with Crippen LogP contribution in [0.15, 0.2) is 18.2 Å². The number of hydrogen-bond acceptors (Lipinski definition) is 1. The Hall–Kier alpha value is -0.240. The molecule has 1 aromatic rings. The van der Waals surface area contributed by atoms with Gasteiger partial charge >= 0.3 is 0 Å². The van der Waals surface area contributed by atoms with Crippen LogP contribution in [0.25, 0.3) is 0 Å². The third-order valence-electron chi connectivity index (χ3n) is 2.81. The maximum atomic E-state index is 9.98. The standard InChI is InChI=1S/C11H12Cl2O/c12-9-2-3-10(13)8(6-9)7-11(14)4-1-5-11/h2-3,6,14H,1,4-5,7H2. The van der Waals surface area contributed by atoms with Crippen molar-refractivity contribution in [1.82, 2.24) is 0 Å². The maximum absolute atomic E-state index is 9.98. The molecule has 0 saturated heterocycles. The SMILES string of the molecule is OC1(Cc2cc(Cl)ccc2Cl)CCC1. The van der Waals surface area contributed by atoms with Gasteiger partial charge in [0.25, 0.3) is 0 Å². The van der Waals surface area contributed by atoms with E-state index in [0.717, 1.165) is 24.8 Å². The second kappa shape index (κ2) is 3.73. The van der Waals surface area contributed by atoms with Gasteiger partial charge in [-0.2, -0.15) is 0 Å². The zero-order valence-electron chi connectivity index (χ0n) is 7.76. The van der Waals surface area contributed by atoms with Crippen molar-refractivity contribution in [2.45, 2.75) is 31.3 Å². The third kappa shape index (κ3) is 2.05. The minimum absolute atomic E-state index is 0.533. The second-order valence-corrected chi connectivity index (χ2v) is 4.83. The van der Waals surface area contributed by atoms with Gasteiger partial charge in [-0.3, -0.25) is 0 Å². The summed E-state index contributed by atoms with van der Waals surface area (Å²) in [6.07, 6.45) is 3.47. The average Bonchev–Trinajstić information content (AvgIpc) is 2.09. The van der Waals surface area contributed by atoms with Gasteiger partial charge in [0, 0.05) is 16.5 Å². The van der Waals surface area contributed by atoms with Crippen LogP contribution in [0.3, 0.4) is 0 Å². The topological polar surface area (TPSA) is 20.2 Å². The highest BCUT2D eigenvalue weighted by Gasteiger charge is 2.34. The molecule has 14 heavy (non-hydrogen) atoms. The highest BCUT2D eigenvalue weighted by atomic mass is 35.5. The lowest BCUT2D eigenvalue weighted by Gasteiger charge is -2.36. The first-order valence-corrected chi connectivity index (χ1v) is 5.51. The van der Waals surface area contributed by atoms with E-state index in [2.05, 4.69) is 0 Å². The van der Waals surface area contributed by atoms with E-state index >= 15 is 0 Å². The number of benzene rings is 1. The molecule has 1 aliphatic rings. The lowest BCUT2D eigenvalue weighted by Crippen LogP contribution is -2.38. The van der Waals surface area contributed by atoms with Crippen molar-refractivity contribution in [3.8, 4) is 0 Å². The van der Waals surface area contributed by atoms with E-state index in [1.165, 1.54) is 0 Å². The summed E-state index contributed by atoms with van der Waals surface area (Å²) in [4.78, 5) is 0. The van der Waals surface area contributed by atoms with Gasteiger partial charge < -0.3 is 5.11 Å². The number of hydrogen-bond donors (Lipinski definition) is 1. The van der Waals surface area contributed by atoms with E-state index in [9.17, 15) is 5.11 Å². The van der Waals surface area contributed by atoms with Gasteiger partial charge in [0.15, 0.2) is 0 Å². The Morgan fingerprint density at radius 1 is 1.29 bits per heavy atom. The third-order valence-corrected chi connectivity index (χ3v) is 3.42. The van der Waals surface area contributed by atoms with Gasteiger partial charge in [0.1, 0.15) is 0 Å². The van der Waals surface area contributed by atoms with Crippen LogP contribution in [0.4, 0.5) is 0 Å². The van der Waals surface area contributed by atoms with Gasteiger partial charge in [-0.1, -0.05) is 23.2 Å².